The molecule has 94 valence electrons. The number of hydrogen-bond donors (Lipinski definition) is 2. The first kappa shape index (κ1) is 13.7. The van der Waals surface area contributed by atoms with Gasteiger partial charge < -0.3 is 15.2 Å². The number of carbonyl (C=O) groups is 1. The smallest absolute Gasteiger partial charge is 0.253 e. The van der Waals surface area contributed by atoms with Gasteiger partial charge in [0.15, 0.2) is 6.10 Å². The predicted octanol–water partition coefficient (Wildman–Crippen LogP) is 1.26. The first-order valence-electron chi connectivity index (χ1n) is 5.68. The second-order valence-electron chi connectivity index (χ2n) is 3.94. The van der Waals surface area contributed by atoms with Gasteiger partial charge in [-0.15, -0.1) is 0 Å². The average Bonchev–Trinajstić information content (AvgIpc) is 2.38. The number of hydrogen-bond acceptors (Lipinski definition) is 3. The molecule has 0 heterocycles. The summed E-state index contributed by atoms with van der Waals surface area (Å²) < 4.78 is 5.06. The molecular formula is C13H19NO3. The molecule has 4 nitrogen and oxygen atoms in total. The molecule has 1 amide bonds. The van der Waals surface area contributed by atoms with Crippen LogP contribution in [0.25, 0.3) is 0 Å². The van der Waals surface area contributed by atoms with Crippen LogP contribution in [0.3, 0.4) is 0 Å². The Bertz CT molecular complexity index is 340. The first-order valence-corrected chi connectivity index (χ1v) is 5.68. The van der Waals surface area contributed by atoms with Gasteiger partial charge in [-0.1, -0.05) is 30.3 Å². The first-order chi connectivity index (χ1) is 8.15. The van der Waals surface area contributed by atoms with Crippen molar-refractivity contribution in [1.29, 1.82) is 0 Å². The Morgan fingerprint density at radius 3 is 2.65 bits per heavy atom. The summed E-state index contributed by atoms with van der Waals surface area (Å²) in [4.78, 5) is 11.6. The summed E-state index contributed by atoms with van der Waals surface area (Å²) in [7, 11) is 1.63. The molecule has 0 aliphatic carbocycles. The molecule has 2 atom stereocenters. The molecule has 1 aromatic carbocycles. The molecule has 2 N–H and O–H groups in total. The molecule has 0 aromatic heterocycles. The zero-order valence-corrected chi connectivity index (χ0v) is 10.2. The maximum Gasteiger partial charge on any atom is 0.253 e. The monoisotopic (exact) mass is 237 g/mol. The summed E-state index contributed by atoms with van der Waals surface area (Å²) in [6.07, 6.45) is -0.276. The third kappa shape index (κ3) is 4.54. The van der Waals surface area contributed by atoms with E-state index in [1.165, 1.54) is 0 Å². The van der Waals surface area contributed by atoms with E-state index >= 15 is 0 Å². The molecule has 0 aliphatic heterocycles. The SMILES string of the molecule is COC(C)CCNC(=O)[C@@H](O)c1ccccc1. The third-order valence-corrected chi connectivity index (χ3v) is 2.62. The van der Waals surface area contributed by atoms with Crippen molar-refractivity contribution >= 4 is 5.91 Å². The van der Waals surface area contributed by atoms with Crippen LogP contribution in [0.5, 0.6) is 0 Å². The van der Waals surface area contributed by atoms with Crippen LogP contribution < -0.4 is 5.32 Å². The second-order valence-corrected chi connectivity index (χ2v) is 3.94. The van der Waals surface area contributed by atoms with E-state index in [0.29, 0.717) is 12.1 Å². The number of carbonyl (C=O) groups excluding carboxylic acids is 1. The summed E-state index contributed by atoms with van der Waals surface area (Å²) in [5.41, 5.74) is 0.602. The van der Waals surface area contributed by atoms with Crippen molar-refractivity contribution in [2.45, 2.75) is 25.6 Å². The molecule has 0 saturated carbocycles. The minimum absolute atomic E-state index is 0.101. The Kier molecular flexibility index (Phi) is 5.66. The van der Waals surface area contributed by atoms with Gasteiger partial charge in [0.25, 0.3) is 5.91 Å². The van der Waals surface area contributed by atoms with Crippen LogP contribution in [-0.4, -0.2) is 30.8 Å². The molecule has 0 radical (unpaired) electrons. The fourth-order valence-electron chi connectivity index (χ4n) is 1.40. The standard InChI is InChI=1S/C13H19NO3/c1-10(17-2)8-9-14-13(16)12(15)11-6-4-3-5-7-11/h3-7,10,12,15H,8-9H2,1-2H3,(H,14,16)/t10?,12-/m0/s1. The fourth-order valence-corrected chi connectivity index (χ4v) is 1.40. The summed E-state index contributed by atoms with van der Waals surface area (Å²) in [6.45, 7) is 2.43. The summed E-state index contributed by atoms with van der Waals surface area (Å²) in [5.74, 6) is -0.375. The summed E-state index contributed by atoms with van der Waals surface area (Å²) in [5, 5.41) is 12.4. The van der Waals surface area contributed by atoms with Crippen molar-refractivity contribution in [2.75, 3.05) is 13.7 Å². The third-order valence-electron chi connectivity index (χ3n) is 2.62. The van der Waals surface area contributed by atoms with Gasteiger partial charge in [-0.3, -0.25) is 4.79 Å². The van der Waals surface area contributed by atoms with Gasteiger partial charge in [-0.2, -0.15) is 0 Å². The van der Waals surface area contributed by atoms with E-state index in [-0.39, 0.29) is 12.0 Å². The number of benzene rings is 1. The van der Waals surface area contributed by atoms with Gasteiger partial charge in [0, 0.05) is 13.7 Å². The molecule has 0 spiro atoms. The minimum Gasteiger partial charge on any atom is -0.382 e. The van der Waals surface area contributed by atoms with Crippen LogP contribution in [0.4, 0.5) is 0 Å². The van der Waals surface area contributed by atoms with Gasteiger partial charge in [0.05, 0.1) is 6.10 Å². The van der Waals surface area contributed by atoms with E-state index in [0.717, 1.165) is 6.42 Å². The van der Waals surface area contributed by atoms with E-state index in [1.54, 1.807) is 31.4 Å². The van der Waals surface area contributed by atoms with Crippen LogP contribution in [-0.2, 0) is 9.53 Å². The Morgan fingerprint density at radius 1 is 1.41 bits per heavy atom. The number of ether oxygens (including phenoxy) is 1. The number of amides is 1. The highest BCUT2D eigenvalue weighted by molar-refractivity contribution is 5.81. The highest BCUT2D eigenvalue weighted by Gasteiger charge is 2.16. The zero-order chi connectivity index (χ0) is 12.7. The molecule has 17 heavy (non-hydrogen) atoms. The van der Waals surface area contributed by atoms with E-state index in [9.17, 15) is 9.90 Å². The highest BCUT2D eigenvalue weighted by atomic mass is 16.5. The molecule has 0 saturated heterocycles. The maximum atomic E-state index is 11.6. The molecule has 1 unspecified atom stereocenters. The maximum absolute atomic E-state index is 11.6. The van der Waals surface area contributed by atoms with E-state index in [1.807, 2.05) is 13.0 Å². The molecule has 1 rings (SSSR count). The van der Waals surface area contributed by atoms with Crippen molar-refractivity contribution in [1.82, 2.24) is 5.32 Å². The number of nitrogens with one attached hydrogen (secondary N) is 1. The van der Waals surface area contributed by atoms with Crippen LogP contribution in [0, 0.1) is 0 Å². The number of aliphatic hydroxyl groups excluding tert-OH is 1. The summed E-state index contributed by atoms with van der Waals surface area (Å²) >= 11 is 0. The van der Waals surface area contributed by atoms with Crippen LogP contribution in [0.2, 0.25) is 0 Å². The van der Waals surface area contributed by atoms with E-state index in [2.05, 4.69) is 5.32 Å². The molecule has 1 aromatic rings. The lowest BCUT2D eigenvalue weighted by molar-refractivity contribution is -0.129. The molecule has 0 aliphatic rings. The Hall–Kier alpha value is -1.39. The van der Waals surface area contributed by atoms with Crippen LogP contribution >= 0.6 is 0 Å². The van der Waals surface area contributed by atoms with Gasteiger partial charge in [-0.25, -0.2) is 0 Å². The Morgan fingerprint density at radius 2 is 2.06 bits per heavy atom. The molecule has 0 fully saturated rings. The topological polar surface area (TPSA) is 58.6 Å². The summed E-state index contributed by atoms with van der Waals surface area (Å²) in [6, 6.07) is 8.87. The number of methoxy groups -OCH3 is 1. The van der Waals surface area contributed by atoms with E-state index in [4.69, 9.17) is 4.74 Å². The quantitative estimate of drug-likeness (QED) is 0.783. The van der Waals surface area contributed by atoms with Gasteiger partial charge >= 0.3 is 0 Å². The lowest BCUT2D eigenvalue weighted by Gasteiger charge is -2.13. The second kappa shape index (κ2) is 7.04. The van der Waals surface area contributed by atoms with Gasteiger partial charge in [0.2, 0.25) is 0 Å². The normalized spacial score (nSPS) is 14.1. The van der Waals surface area contributed by atoms with Crippen LogP contribution in [0.1, 0.15) is 25.0 Å². The van der Waals surface area contributed by atoms with Crippen molar-refractivity contribution in [3.8, 4) is 0 Å². The van der Waals surface area contributed by atoms with Gasteiger partial charge in [0.1, 0.15) is 0 Å². The van der Waals surface area contributed by atoms with Crippen molar-refractivity contribution in [2.24, 2.45) is 0 Å². The zero-order valence-electron chi connectivity index (χ0n) is 10.2. The fraction of sp³-hybridized carbons (Fsp3) is 0.462. The Labute approximate surface area is 102 Å². The minimum atomic E-state index is -1.10. The lowest BCUT2D eigenvalue weighted by Crippen LogP contribution is -2.31. The molecule has 4 heteroatoms. The largest absolute Gasteiger partial charge is 0.382 e. The van der Waals surface area contributed by atoms with Gasteiger partial charge in [-0.05, 0) is 18.9 Å². The average molecular weight is 237 g/mol. The number of aliphatic hydroxyl groups is 1. The highest BCUT2D eigenvalue weighted by Crippen LogP contribution is 2.11. The molecule has 0 bridgehead atoms. The number of rotatable bonds is 6. The van der Waals surface area contributed by atoms with Crippen molar-refractivity contribution in [3.63, 3.8) is 0 Å². The Balaban J connectivity index is 2.38. The molecular weight excluding hydrogens is 218 g/mol. The predicted molar refractivity (Wildman–Crippen MR) is 65.5 cm³/mol. The lowest BCUT2D eigenvalue weighted by atomic mass is 10.1. The van der Waals surface area contributed by atoms with E-state index < -0.39 is 6.10 Å². The van der Waals surface area contributed by atoms with Crippen molar-refractivity contribution in [3.05, 3.63) is 35.9 Å². The van der Waals surface area contributed by atoms with Crippen molar-refractivity contribution < 1.29 is 14.6 Å². The van der Waals surface area contributed by atoms with Crippen LogP contribution in [0.15, 0.2) is 30.3 Å².